The summed E-state index contributed by atoms with van der Waals surface area (Å²) in [6.07, 6.45) is 0. The Morgan fingerprint density at radius 2 is 1.81 bits per heavy atom. The largest absolute Gasteiger partial charge is 0.490 e. The molecule has 0 atom stereocenters. The number of halogens is 1. The Labute approximate surface area is 128 Å². The second-order valence-corrected chi connectivity index (χ2v) is 4.78. The van der Waals surface area contributed by atoms with Crippen molar-refractivity contribution in [3.05, 3.63) is 59.4 Å². The molecule has 0 unspecified atom stereocenters. The minimum atomic E-state index is -0.394. The number of thiocarbonyl (C=S) groups is 1. The molecule has 0 aliphatic carbocycles. The predicted molar refractivity (Wildman–Crippen MR) is 84.2 cm³/mol. The highest BCUT2D eigenvalue weighted by atomic mass is 32.1. The number of ether oxygens (including phenoxy) is 2. The molecule has 3 nitrogen and oxygen atoms in total. The first kappa shape index (κ1) is 15.3. The van der Waals surface area contributed by atoms with Crippen molar-refractivity contribution in [2.75, 3.05) is 6.61 Å². The molecule has 2 aromatic carbocycles. The van der Waals surface area contributed by atoms with E-state index in [4.69, 9.17) is 27.4 Å². The highest BCUT2D eigenvalue weighted by Crippen LogP contribution is 2.27. The van der Waals surface area contributed by atoms with Gasteiger partial charge in [-0.15, -0.1) is 0 Å². The molecule has 0 aliphatic rings. The number of nitrogens with two attached hydrogens (primary N) is 1. The number of hydrogen-bond acceptors (Lipinski definition) is 3. The smallest absolute Gasteiger partial charge is 0.161 e. The minimum absolute atomic E-state index is 0.105. The molecule has 0 saturated carbocycles. The lowest BCUT2D eigenvalue weighted by Crippen LogP contribution is -2.10. The second-order valence-electron chi connectivity index (χ2n) is 4.34. The van der Waals surface area contributed by atoms with Gasteiger partial charge in [0.25, 0.3) is 0 Å². The first-order valence-electron chi connectivity index (χ1n) is 6.54. The van der Waals surface area contributed by atoms with Crippen molar-refractivity contribution in [3.63, 3.8) is 0 Å². The summed E-state index contributed by atoms with van der Waals surface area (Å²) < 4.78 is 25.0. The Kier molecular flexibility index (Phi) is 5.11. The summed E-state index contributed by atoms with van der Waals surface area (Å²) in [6.45, 7) is 2.54. The Bertz CT molecular complexity index is 646. The summed E-state index contributed by atoms with van der Waals surface area (Å²) in [4.78, 5) is 0.169. The first-order valence-corrected chi connectivity index (χ1v) is 6.95. The van der Waals surface area contributed by atoms with Crippen LogP contribution in [0.3, 0.4) is 0 Å². The van der Waals surface area contributed by atoms with Crippen molar-refractivity contribution in [2.45, 2.75) is 13.5 Å². The normalized spacial score (nSPS) is 10.2. The molecule has 0 bridgehead atoms. The molecule has 5 heteroatoms. The van der Waals surface area contributed by atoms with Crippen LogP contribution in [0.1, 0.15) is 18.1 Å². The fourth-order valence-corrected chi connectivity index (χ4v) is 1.94. The van der Waals surface area contributed by atoms with Crippen LogP contribution in [0, 0.1) is 5.82 Å². The van der Waals surface area contributed by atoms with Crippen molar-refractivity contribution in [3.8, 4) is 11.5 Å². The van der Waals surface area contributed by atoms with Crippen molar-refractivity contribution in [1.82, 2.24) is 0 Å². The molecule has 110 valence electrons. The standard InChI is InChI=1S/C16H16FNO2S/c1-2-19-14-5-3-4-6-15(14)20-10-12-8-7-11(16(18)21)9-13(12)17/h3-9H,2,10H2,1H3,(H2,18,21). The Morgan fingerprint density at radius 3 is 2.38 bits per heavy atom. The van der Waals surface area contributed by atoms with Crippen molar-refractivity contribution in [2.24, 2.45) is 5.73 Å². The zero-order valence-electron chi connectivity index (χ0n) is 11.6. The molecule has 0 fully saturated rings. The van der Waals surface area contributed by atoms with E-state index >= 15 is 0 Å². The lowest BCUT2D eigenvalue weighted by Gasteiger charge is -2.12. The van der Waals surface area contributed by atoms with Crippen molar-refractivity contribution < 1.29 is 13.9 Å². The highest BCUT2D eigenvalue weighted by molar-refractivity contribution is 7.80. The lowest BCUT2D eigenvalue weighted by molar-refractivity contribution is 0.266. The maximum absolute atomic E-state index is 13.9. The molecule has 2 rings (SSSR count). The van der Waals surface area contributed by atoms with Crippen LogP contribution in [-0.4, -0.2) is 11.6 Å². The van der Waals surface area contributed by atoms with E-state index in [2.05, 4.69) is 0 Å². The van der Waals surface area contributed by atoms with Crippen LogP contribution in [0.2, 0.25) is 0 Å². The van der Waals surface area contributed by atoms with Gasteiger partial charge in [0.2, 0.25) is 0 Å². The van der Waals surface area contributed by atoms with Gasteiger partial charge in [0.1, 0.15) is 17.4 Å². The topological polar surface area (TPSA) is 44.5 Å². The van der Waals surface area contributed by atoms with Crippen LogP contribution in [-0.2, 0) is 6.61 Å². The Morgan fingerprint density at radius 1 is 1.14 bits per heavy atom. The van der Waals surface area contributed by atoms with Crippen LogP contribution in [0.25, 0.3) is 0 Å². The molecule has 0 aromatic heterocycles. The first-order chi connectivity index (χ1) is 10.1. The van der Waals surface area contributed by atoms with E-state index in [1.54, 1.807) is 18.2 Å². The van der Waals surface area contributed by atoms with Gasteiger partial charge in [-0.2, -0.15) is 0 Å². The number of rotatable bonds is 6. The SMILES string of the molecule is CCOc1ccccc1OCc1ccc(C(N)=S)cc1F. The molecular weight excluding hydrogens is 289 g/mol. The zero-order valence-corrected chi connectivity index (χ0v) is 12.5. The van der Waals surface area contributed by atoms with Gasteiger partial charge in [0.05, 0.1) is 6.61 Å². The molecule has 2 N–H and O–H groups in total. The maximum Gasteiger partial charge on any atom is 0.161 e. The number of para-hydroxylation sites is 2. The van der Waals surface area contributed by atoms with Crippen LogP contribution in [0.4, 0.5) is 4.39 Å². The number of hydrogen-bond donors (Lipinski definition) is 1. The monoisotopic (exact) mass is 305 g/mol. The lowest BCUT2D eigenvalue weighted by atomic mass is 10.1. The third-order valence-corrected chi connectivity index (χ3v) is 3.11. The molecule has 0 saturated heterocycles. The van der Waals surface area contributed by atoms with Crippen LogP contribution in [0.5, 0.6) is 11.5 Å². The van der Waals surface area contributed by atoms with Gasteiger partial charge in [-0.25, -0.2) is 4.39 Å². The molecule has 0 spiro atoms. The molecule has 0 radical (unpaired) electrons. The van der Waals surface area contributed by atoms with Crippen LogP contribution < -0.4 is 15.2 Å². The predicted octanol–water partition coefficient (Wildman–Crippen LogP) is 3.44. The minimum Gasteiger partial charge on any atom is -0.490 e. The van der Waals surface area contributed by atoms with Gasteiger partial charge < -0.3 is 15.2 Å². The third-order valence-electron chi connectivity index (χ3n) is 2.87. The van der Waals surface area contributed by atoms with Gasteiger partial charge in [0.15, 0.2) is 11.5 Å². The maximum atomic E-state index is 13.9. The second kappa shape index (κ2) is 7.04. The van der Waals surface area contributed by atoms with E-state index in [1.807, 2.05) is 25.1 Å². The van der Waals surface area contributed by atoms with E-state index in [1.165, 1.54) is 6.07 Å². The fourth-order valence-electron chi connectivity index (χ4n) is 1.82. The number of benzene rings is 2. The summed E-state index contributed by atoms with van der Waals surface area (Å²) >= 11 is 4.82. The van der Waals surface area contributed by atoms with Crippen molar-refractivity contribution in [1.29, 1.82) is 0 Å². The van der Waals surface area contributed by atoms with Gasteiger partial charge in [-0.1, -0.05) is 36.5 Å². The Hall–Kier alpha value is -2.14. The molecule has 0 aliphatic heterocycles. The summed E-state index contributed by atoms with van der Waals surface area (Å²) in [5.41, 5.74) is 6.40. The van der Waals surface area contributed by atoms with E-state index in [0.29, 0.717) is 29.2 Å². The average molecular weight is 305 g/mol. The quantitative estimate of drug-likeness (QED) is 0.830. The molecule has 21 heavy (non-hydrogen) atoms. The summed E-state index contributed by atoms with van der Waals surface area (Å²) in [6, 6.07) is 11.9. The zero-order chi connectivity index (χ0) is 15.2. The summed E-state index contributed by atoms with van der Waals surface area (Å²) in [7, 11) is 0. The van der Waals surface area contributed by atoms with E-state index in [0.717, 1.165) is 0 Å². The van der Waals surface area contributed by atoms with E-state index in [9.17, 15) is 4.39 Å². The molecule has 2 aromatic rings. The molecular formula is C16H16FNO2S. The fraction of sp³-hybridized carbons (Fsp3) is 0.188. The van der Waals surface area contributed by atoms with Gasteiger partial charge in [-0.05, 0) is 25.1 Å². The third kappa shape index (κ3) is 3.92. The van der Waals surface area contributed by atoms with Crippen LogP contribution >= 0.6 is 12.2 Å². The van der Waals surface area contributed by atoms with Gasteiger partial charge in [-0.3, -0.25) is 0 Å². The van der Waals surface area contributed by atoms with E-state index < -0.39 is 5.82 Å². The molecule has 0 heterocycles. The average Bonchev–Trinajstić information content (AvgIpc) is 2.47. The molecule has 0 amide bonds. The Balaban J connectivity index is 2.11. The summed E-state index contributed by atoms with van der Waals surface area (Å²) in [5.74, 6) is 0.825. The summed E-state index contributed by atoms with van der Waals surface area (Å²) in [5, 5.41) is 0. The highest BCUT2D eigenvalue weighted by Gasteiger charge is 2.08. The van der Waals surface area contributed by atoms with Gasteiger partial charge in [0, 0.05) is 11.1 Å². The van der Waals surface area contributed by atoms with Crippen LogP contribution in [0.15, 0.2) is 42.5 Å². The van der Waals surface area contributed by atoms with E-state index in [-0.39, 0.29) is 11.6 Å². The van der Waals surface area contributed by atoms with Crippen molar-refractivity contribution >= 4 is 17.2 Å². The van der Waals surface area contributed by atoms with Gasteiger partial charge >= 0.3 is 0 Å².